The Morgan fingerprint density at radius 2 is 0.658 bits per heavy atom. The number of Topliss-reactive ketones (excluding diaryl/α,β-unsaturated/α-hetero) is 2. The molecule has 0 spiro atoms. The summed E-state index contributed by atoms with van der Waals surface area (Å²) in [7, 11) is 0. The number of hydrogen-bond acceptors (Lipinski definition) is 6. The lowest BCUT2D eigenvalue weighted by Gasteiger charge is -2.08. The Labute approximate surface area is 218 Å². The minimum Gasteiger partial charge on any atom is -0.287 e. The van der Waals surface area contributed by atoms with Gasteiger partial charge in [-0.25, -0.2) is 10.9 Å². The van der Waals surface area contributed by atoms with Crippen molar-refractivity contribution in [3.8, 4) is 0 Å². The van der Waals surface area contributed by atoms with Gasteiger partial charge in [0.15, 0.2) is 0 Å². The number of rotatable bonds is 8. The number of amides is 2. The largest absolute Gasteiger partial charge is 0.331 e. The molecule has 0 bridgehead atoms. The van der Waals surface area contributed by atoms with Crippen LogP contribution in [0.5, 0.6) is 0 Å². The summed E-state index contributed by atoms with van der Waals surface area (Å²) in [5, 5.41) is 7.90. The van der Waals surface area contributed by atoms with E-state index in [1.807, 2.05) is 0 Å². The molecular formula is C30H22N4O4. The number of hydrogen-bond donors (Lipinski definition) is 2. The SMILES string of the molecule is O=C(N/N=C(/C(=O)c1ccccc1)c1ccccc1)C(=O)N/N=C(/C(=O)c1ccccc1)c1ccccc1. The van der Waals surface area contributed by atoms with Crippen molar-refractivity contribution < 1.29 is 19.2 Å². The molecule has 0 unspecified atom stereocenters. The average Bonchev–Trinajstić information content (AvgIpc) is 2.99. The zero-order chi connectivity index (χ0) is 26.7. The Hall–Kier alpha value is -5.50. The first-order chi connectivity index (χ1) is 18.5. The van der Waals surface area contributed by atoms with E-state index in [1.54, 1.807) is 121 Å². The number of nitrogens with zero attached hydrogens (tertiary/aromatic N) is 2. The van der Waals surface area contributed by atoms with Gasteiger partial charge in [0.25, 0.3) is 0 Å². The lowest BCUT2D eigenvalue weighted by Crippen LogP contribution is -2.37. The van der Waals surface area contributed by atoms with Gasteiger partial charge in [-0.2, -0.15) is 10.2 Å². The molecule has 0 saturated heterocycles. The number of hydrazone groups is 2. The Morgan fingerprint density at radius 3 is 0.947 bits per heavy atom. The second-order valence-corrected chi connectivity index (χ2v) is 7.93. The quantitative estimate of drug-likeness (QED) is 0.165. The summed E-state index contributed by atoms with van der Waals surface area (Å²) in [5.74, 6) is -3.20. The summed E-state index contributed by atoms with van der Waals surface area (Å²) >= 11 is 0. The molecule has 4 aromatic carbocycles. The standard InChI is InChI=1S/C30H22N4O4/c35-27(23-17-9-3-10-18-23)25(21-13-5-1-6-14-21)31-33-29(37)30(38)34-32-26(22-15-7-2-8-16-22)28(36)24-19-11-4-12-20-24/h1-20H,(H,33,37)(H,34,38)/b31-25+,32-26+. The van der Waals surface area contributed by atoms with Crippen molar-refractivity contribution in [2.24, 2.45) is 10.2 Å². The lowest BCUT2D eigenvalue weighted by molar-refractivity contribution is -0.139. The number of ketones is 2. The van der Waals surface area contributed by atoms with E-state index in [2.05, 4.69) is 21.1 Å². The van der Waals surface area contributed by atoms with E-state index < -0.39 is 23.4 Å². The van der Waals surface area contributed by atoms with Crippen LogP contribution >= 0.6 is 0 Å². The van der Waals surface area contributed by atoms with Crippen molar-refractivity contribution >= 4 is 34.8 Å². The van der Waals surface area contributed by atoms with Crippen molar-refractivity contribution in [3.63, 3.8) is 0 Å². The zero-order valence-electron chi connectivity index (χ0n) is 20.1. The molecule has 0 saturated carbocycles. The fourth-order valence-corrected chi connectivity index (χ4v) is 3.45. The molecule has 0 heterocycles. The van der Waals surface area contributed by atoms with Gasteiger partial charge in [-0.1, -0.05) is 121 Å². The second-order valence-electron chi connectivity index (χ2n) is 7.93. The molecule has 2 amide bonds. The number of benzene rings is 4. The Balaban J connectivity index is 1.55. The summed E-state index contributed by atoms with van der Waals surface area (Å²) in [6, 6.07) is 34.0. The average molecular weight is 503 g/mol. The van der Waals surface area contributed by atoms with Crippen LogP contribution in [0.15, 0.2) is 132 Å². The van der Waals surface area contributed by atoms with Crippen LogP contribution in [0, 0.1) is 0 Å². The minimum atomic E-state index is -1.16. The van der Waals surface area contributed by atoms with Gasteiger partial charge < -0.3 is 0 Å². The number of carbonyl (C=O) groups is 4. The van der Waals surface area contributed by atoms with Crippen LogP contribution in [0.3, 0.4) is 0 Å². The summed E-state index contributed by atoms with van der Waals surface area (Å²) in [5.41, 5.74) is 5.78. The van der Waals surface area contributed by atoms with E-state index in [1.165, 1.54) is 0 Å². The first-order valence-electron chi connectivity index (χ1n) is 11.6. The van der Waals surface area contributed by atoms with Crippen LogP contribution in [-0.4, -0.2) is 34.8 Å². The highest BCUT2D eigenvalue weighted by molar-refractivity contribution is 6.52. The molecule has 0 aliphatic carbocycles. The topological polar surface area (TPSA) is 117 Å². The van der Waals surface area contributed by atoms with E-state index in [0.29, 0.717) is 22.3 Å². The predicted molar refractivity (Wildman–Crippen MR) is 144 cm³/mol. The maximum atomic E-state index is 13.1. The van der Waals surface area contributed by atoms with Gasteiger partial charge in [0, 0.05) is 22.3 Å². The highest BCUT2D eigenvalue weighted by Crippen LogP contribution is 2.10. The first-order valence-corrected chi connectivity index (χ1v) is 11.6. The molecular weight excluding hydrogens is 480 g/mol. The fourth-order valence-electron chi connectivity index (χ4n) is 3.45. The first kappa shape index (κ1) is 25.6. The smallest absolute Gasteiger partial charge is 0.287 e. The molecule has 8 heteroatoms. The van der Waals surface area contributed by atoms with Crippen LogP contribution in [0.2, 0.25) is 0 Å². The van der Waals surface area contributed by atoms with Crippen molar-refractivity contribution in [3.05, 3.63) is 144 Å². The third-order valence-electron chi connectivity index (χ3n) is 5.34. The summed E-state index contributed by atoms with van der Waals surface area (Å²) in [4.78, 5) is 51.2. The molecule has 0 aliphatic heterocycles. The van der Waals surface area contributed by atoms with Gasteiger partial charge in [-0.3, -0.25) is 19.2 Å². The molecule has 0 radical (unpaired) electrons. The van der Waals surface area contributed by atoms with Crippen LogP contribution in [0.1, 0.15) is 31.8 Å². The normalized spacial score (nSPS) is 11.4. The van der Waals surface area contributed by atoms with Crippen LogP contribution in [-0.2, 0) is 9.59 Å². The molecule has 4 rings (SSSR count). The molecule has 0 aromatic heterocycles. The van der Waals surface area contributed by atoms with E-state index in [-0.39, 0.29) is 11.4 Å². The molecule has 0 aliphatic rings. The minimum absolute atomic E-state index is 0.0503. The Morgan fingerprint density at radius 1 is 0.395 bits per heavy atom. The van der Waals surface area contributed by atoms with Crippen molar-refractivity contribution in [1.82, 2.24) is 10.9 Å². The molecule has 186 valence electrons. The molecule has 2 N–H and O–H groups in total. The Kier molecular flexibility index (Phi) is 8.39. The highest BCUT2D eigenvalue weighted by Gasteiger charge is 2.20. The maximum Gasteiger partial charge on any atom is 0.331 e. The van der Waals surface area contributed by atoms with Gasteiger partial charge in [0.2, 0.25) is 11.6 Å². The third-order valence-corrected chi connectivity index (χ3v) is 5.34. The predicted octanol–water partition coefficient (Wildman–Crippen LogP) is 3.79. The molecule has 0 atom stereocenters. The van der Waals surface area contributed by atoms with Crippen molar-refractivity contribution in [1.29, 1.82) is 0 Å². The van der Waals surface area contributed by atoms with Crippen molar-refractivity contribution in [2.75, 3.05) is 0 Å². The monoisotopic (exact) mass is 502 g/mol. The van der Waals surface area contributed by atoms with Gasteiger partial charge in [0.1, 0.15) is 11.4 Å². The van der Waals surface area contributed by atoms with Gasteiger partial charge in [-0.15, -0.1) is 0 Å². The van der Waals surface area contributed by atoms with Gasteiger partial charge >= 0.3 is 11.8 Å². The van der Waals surface area contributed by atoms with Crippen LogP contribution in [0.4, 0.5) is 0 Å². The van der Waals surface area contributed by atoms with E-state index >= 15 is 0 Å². The summed E-state index contributed by atoms with van der Waals surface area (Å²) in [6.07, 6.45) is 0. The second kappa shape index (κ2) is 12.5. The number of nitrogens with one attached hydrogen (secondary N) is 2. The third kappa shape index (κ3) is 6.38. The number of carbonyl (C=O) groups excluding carboxylic acids is 4. The lowest BCUT2D eigenvalue weighted by atomic mass is 10.0. The summed E-state index contributed by atoms with van der Waals surface area (Å²) < 4.78 is 0. The van der Waals surface area contributed by atoms with E-state index in [0.717, 1.165) is 0 Å². The highest BCUT2D eigenvalue weighted by atomic mass is 16.2. The van der Waals surface area contributed by atoms with Crippen LogP contribution in [0.25, 0.3) is 0 Å². The van der Waals surface area contributed by atoms with E-state index in [4.69, 9.17) is 0 Å². The zero-order valence-corrected chi connectivity index (χ0v) is 20.1. The fraction of sp³-hybridized carbons (Fsp3) is 0. The molecule has 0 fully saturated rings. The van der Waals surface area contributed by atoms with Gasteiger partial charge in [0.05, 0.1) is 0 Å². The maximum absolute atomic E-state index is 13.1. The van der Waals surface area contributed by atoms with Gasteiger partial charge in [-0.05, 0) is 0 Å². The van der Waals surface area contributed by atoms with Crippen LogP contribution < -0.4 is 10.9 Å². The van der Waals surface area contributed by atoms with E-state index in [9.17, 15) is 19.2 Å². The molecule has 8 nitrogen and oxygen atoms in total. The van der Waals surface area contributed by atoms with Crippen molar-refractivity contribution in [2.45, 2.75) is 0 Å². The summed E-state index contributed by atoms with van der Waals surface area (Å²) in [6.45, 7) is 0. The Bertz CT molecular complexity index is 1380. The molecule has 4 aromatic rings. The molecule has 38 heavy (non-hydrogen) atoms.